The Hall–Kier alpha value is 0.450. The minimum Gasteiger partial charge on any atom is -0.300 e. The van der Waals surface area contributed by atoms with Crippen LogP contribution in [-0.4, -0.2) is 24.9 Å². The van der Waals surface area contributed by atoms with Gasteiger partial charge in [-0.25, -0.2) is 0 Å². The van der Waals surface area contributed by atoms with Crippen LogP contribution in [0.1, 0.15) is 0 Å². The van der Waals surface area contributed by atoms with Crippen LogP contribution in [0.15, 0.2) is 0 Å². The van der Waals surface area contributed by atoms with Crippen molar-refractivity contribution < 1.29 is 13.2 Å². The molecule has 0 aliphatic carbocycles. The van der Waals surface area contributed by atoms with Gasteiger partial charge in [0.25, 0.3) is 0 Å². The lowest BCUT2D eigenvalue weighted by molar-refractivity contribution is -0.132. The SMILES string of the molecule is CNC(SSC)C(F)(F)F. The molecule has 0 aromatic heterocycles. The Morgan fingerprint density at radius 1 is 1.40 bits per heavy atom. The molecule has 6 heteroatoms. The summed E-state index contributed by atoms with van der Waals surface area (Å²) in [5, 5.41) is 0.704. The summed E-state index contributed by atoms with van der Waals surface area (Å²) < 4.78 is 35.4. The minimum atomic E-state index is -4.15. The molecule has 62 valence electrons. The van der Waals surface area contributed by atoms with Crippen molar-refractivity contribution in [3.8, 4) is 0 Å². The van der Waals surface area contributed by atoms with E-state index in [2.05, 4.69) is 5.32 Å². The van der Waals surface area contributed by atoms with Gasteiger partial charge >= 0.3 is 6.18 Å². The highest BCUT2D eigenvalue weighted by Crippen LogP contribution is 2.33. The van der Waals surface area contributed by atoms with E-state index in [1.54, 1.807) is 6.26 Å². The third-order valence-electron chi connectivity index (χ3n) is 0.752. The van der Waals surface area contributed by atoms with Crippen LogP contribution in [0.4, 0.5) is 13.2 Å². The van der Waals surface area contributed by atoms with Gasteiger partial charge in [-0.15, -0.1) is 0 Å². The first-order valence-corrected chi connectivity index (χ1v) is 5.08. The first-order valence-electron chi connectivity index (χ1n) is 2.45. The number of rotatable bonds is 3. The van der Waals surface area contributed by atoms with Gasteiger partial charge in [0.2, 0.25) is 0 Å². The fourth-order valence-corrected chi connectivity index (χ4v) is 1.95. The molecule has 1 unspecified atom stereocenters. The quantitative estimate of drug-likeness (QED) is 0.542. The van der Waals surface area contributed by atoms with E-state index in [9.17, 15) is 13.2 Å². The van der Waals surface area contributed by atoms with Gasteiger partial charge < -0.3 is 5.32 Å². The highest BCUT2D eigenvalue weighted by Gasteiger charge is 2.38. The van der Waals surface area contributed by atoms with Crippen molar-refractivity contribution in [2.45, 2.75) is 11.6 Å². The Labute approximate surface area is 65.5 Å². The average molecular weight is 191 g/mol. The summed E-state index contributed by atoms with van der Waals surface area (Å²) in [5.41, 5.74) is 0. The maximum absolute atomic E-state index is 11.8. The largest absolute Gasteiger partial charge is 0.413 e. The van der Waals surface area contributed by atoms with E-state index in [1.165, 1.54) is 7.05 Å². The van der Waals surface area contributed by atoms with Crippen molar-refractivity contribution in [1.29, 1.82) is 0 Å². The van der Waals surface area contributed by atoms with Crippen LogP contribution in [0.5, 0.6) is 0 Å². The third kappa shape index (κ3) is 3.58. The molecule has 1 atom stereocenters. The smallest absolute Gasteiger partial charge is 0.300 e. The van der Waals surface area contributed by atoms with Crippen LogP contribution in [-0.2, 0) is 0 Å². The molecule has 1 N–H and O–H groups in total. The first kappa shape index (κ1) is 10.4. The standard InChI is InChI=1S/C4H8F3NS2/c1-8-3(10-9-2)4(5,6)7/h3,8H,1-2H3. The molecule has 1 nitrogen and oxygen atoms in total. The van der Waals surface area contributed by atoms with Gasteiger partial charge in [-0.05, 0) is 13.3 Å². The summed E-state index contributed by atoms with van der Waals surface area (Å²) in [6, 6.07) is 0. The van der Waals surface area contributed by atoms with Crippen molar-refractivity contribution in [2.75, 3.05) is 13.3 Å². The van der Waals surface area contributed by atoms with Crippen molar-refractivity contribution in [1.82, 2.24) is 5.32 Å². The number of nitrogens with one attached hydrogen (secondary N) is 1. The van der Waals surface area contributed by atoms with E-state index in [4.69, 9.17) is 0 Å². The Morgan fingerprint density at radius 3 is 2.00 bits per heavy atom. The molecule has 0 amide bonds. The molecule has 0 aliphatic rings. The highest BCUT2D eigenvalue weighted by atomic mass is 33.1. The molecule has 0 radical (unpaired) electrons. The molecule has 0 heterocycles. The summed E-state index contributed by atoms with van der Waals surface area (Å²) in [4.78, 5) is 0. The van der Waals surface area contributed by atoms with E-state index in [0.717, 1.165) is 21.6 Å². The van der Waals surface area contributed by atoms with Crippen molar-refractivity contribution in [2.24, 2.45) is 0 Å². The van der Waals surface area contributed by atoms with Crippen molar-refractivity contribution in [3.63, 3.8) is 0 Å². The molecule has 0 saturated heterocycles. The molecule has 0 saturated carbocycles. The van der Waals surface area contributed by atoms with Crippen LogP contribution in [0, 0.1) is 0 Å². The maximum atomic E-state index is 11.8. The van der Waals surface area contributed by atoms with Crippen LogP contribution >= 0.6 is 21.6 Å². The lowest BCUT2D eigenvalue weighted by Crippen LogP contribution is -2.36. The Bertz CT molecular complexity index is 95.0. The summed E-state index contributed by atoms with van der Waals surface area (Å²) in [7, 11) is 3.15. The zero-order valence-electron chi connectivity index (χ0n) is 5.53. The number of halogens is 3. The molecule has 0 aromatic carbocycles. The Balaban J connectivity index is 3.81. The minimum absolute atomic E-state index is 0.764. The Morgan fingerprint density at radius 2 is 1.90 bits per heavy atom. The summed E-state index contributed by atoms with van der Waals surface area (Å²) in [6.45, 7) is 0. The summed E-state index contributed by atoms with van der Waals surface area (Å²) in [5.74, 6) is 0. The lowest BCUT2D eigenvalue weighted by atomic mass is 10.6. The van der Waals surface area contributed by atoms with Gasteiger partial charge in [0.15, 0.2) is 5.37 Å². The van der Waals surface area contributed by atoms with Crippen molar-refractivity contribution >= 4 is 21.6 Å². The summed E-state index contributed by atoms with van der Waals surface area (Å²) in [6.07, 6.45) is -2.54. The molecule has 0 spiro atoms. The molecule has 0 aliphatic heterocycles. The van der Waals surface area contributed by atoms with Crippen LogP contribution in [0.2, 0.25) is 0 Å². The molecule has 0 fully saturated rings. The van der Waals surface area contributed by atoms with E-state index in [0.29, 0.717) is 0 Å². The highest BCUT2D eigenvalue weighted by molar-refractivity contribution is 8.76. The van der Waals surface area contributed by atoms with E-state index < -0.39 is 11.6 Å². The van der Waals surface area contributed by atoms with Gasteiger partial charge in [0.1, 0.15) is 0 Å². The third-order valence-corrected chi connectivity index (χ3v) is 2.79. The Kier molecular flexibility index (Phi) is 4.55. The number of hydrogen-bond donors (Lipinski definition) is 1. The fraction of sp³-hybridized carbons (Fsp3) is 1.00. The molecule has 0 rings (SSSR count). The van der Waals surface area contributed by atoms with E-state index in [1.807, 2.05) is 0 Å². The predicted octanol–water partition coefficient (Wildman–Crippen LogP) is 2.11. The van der Waals surface area contributed by atoms with Crippen LogP contribution < -0.4 is 5.32 Å². The summed E-state index contributed by atoms with van der Waals surface area (Å²) >= 11 is 0. The second-order valence-corrected chi connectivity index (χ2v) is 4.05. The van der Waals surface area contributed by atoms with Gasteiger partial charge in [0.05, 0.1) is 0 Å². The second-order valence-electron chi connectivity index (χ2n) is 1.47. The van der Waals surface area contributed by atoms with Gasteiger partial charge in [-0.2, -0.15) is 13.2 Å². The predicted molar refractivity (Wildman–Crippen MR) is 40.0 cm³/mol. The zero-order valence-corrected chi connectivity index (χ0v) is 7.16. The zero-order chi connectivity index (χ0) is 8.20. The van der Waals surface area contributed by atoms with E-state index in [-0.39, 0.29) is 0 Å². The maximum Gasteiger partial charge on any atom is 0.413 e. The topological polar surface area (TPSA) is 12.0 Å². The number of alkyl halides is 3. The van der Waals surface area contributed by atoms with E-state index >= 15 is 0 Å². The number of hydrogen-bond acceptors (Lipinski definition) is 3. The first-order chi connectivity index (χ1) is 4.52. The average Bonchev–Trinajstić information content (AvgIpc) is 1.80. The fourth-order valence-electron chi connectivity index (χ4n) is 0.363. The van der Waals surface area contributed by atoms with Gasteiger partial charge in [-0.1, -0.05) is 21.6 Å². The molecule has 0 bridgehead atoms. The lowest BCUT2D eigenvalue weighted by Gasteiger charge is -2.16. The molecular weight excluding hydrogens is 183 g/mol. The van der Waals surface area contributed by atoms with Crippen LogP contribution in [0.3, 0.4) is 0 Å². The molecule has 10 heavy (non-hydrogen) atoms. The van der Waals surface area contributed by atoms with Crippen molar-refractivity contribution in [3.05, 3.63) is 0 Å². The van der Waals surface area contributed by atoms with Gasteiger partial charge in [-0.3, -0.25) is 0 Å². The monoisotopic (exact) mass is 191 g/mol. The normalized spacial score (nSPS) is 15.3. The van der Waals surface area contributed by atoms with Gasteiger partial charge in [0, 0.05) is 0 Å². The van der Waals surface area contributed by atoms with Crippen LogP contribution in [0.25, 0.3) is 0 Å². The molecule has 0 aromatic rings. The second kappa shape index (κ2) is 4.35. The molecular formula is C4H8F3NS2.